The Morgan fingerprint density at radius 2 is 2.19 bits per heavy atom. The number of aliphatic hydroxyl groups excluding tert-OH is 1. The number of fused-ring (bicyclic) bond motifs is 1. The Kier molecular flexibility index (Phi) is 3.32. The zero-order chi connectivity index (χ0) is 11.8. The van der Waals surface area contributed by atoms with Gasteiger partial charge in [0.2, 0.25) is 0 Å². The maximum absolute atomic E-state index is 9.89. The number of hydrogen-bond donors (Lipinski definition) is 1. The fourth-order valence-corrected chi connectivity index (χ4v) is 3.68. The lowest BCUT2D eigenvalue weighted by molar-refractivity contribution is 0.173. The fraction of sp³-hybridized carbons (Fsp3) is 0.571. The predicted octanol–water partition coefficient (Wildman–Crippen LogP) is 3.90. The molecule has 16 heavy (non-hydrogen) atoms. The van der Waals surface area contributed by atoms with Crippen molar-refractivity contribution in [3.8, 4) is 0 Å². The molecule has 1 aliphatic rings. The summed E-state index contributed by atoms with van der Waals surface area (Å²) >= 11 is 1.94. The lowest BCUT2D eigenvalue weighted by atomic mass is 9.80. The molecule has 1 aliphatic heterocycles. The first-order valence-electron chi connectivity index (χ1n) is 6.00. The molecule has 1 unspecified atom stereocenters. The van der Waals surface area contributed by atoms with Crippen LogP contribution in [0.25, 0.3) is 0 Å². The van der Waals surface area contributed by atoms with Crippen LogP contribution in [-0.4, -0.2) is 10.9 Å². The zero-order valence-corrected chi connectivity index (χ0v) is 11.1. The van der Waals surface area contributed by atoms with E-state index in [-0.39, 0.29) is 11.5 Å². The molecule has 1 nitrogen and oxygen atoms in total. The summed E-state index contributed by atoms with van der Waals surface area (Å²) in [5.41, 5.74) is 2.73. The van der Waals surface area contributed by atoms with Crippen molar-refractivity contribution in [3.63, 3.8) is 0 Å². The molecular formula is C14H20OS. The van der Waals surface area contributed by atoms with E-state index < -0.39 is 0 Å². The Balaban J connectivity index is 2.43. The molecule has 1 heterocycles. The fourth-order valence-electron chi connectivity index (χ4n) is 2.20. The second kappa shape index (κ2) is 4.42. The van der Waals surface area contributed by atoms with Crippen LogP contribution < -0.4 is 0 Å². The number of thioether (sulfide) groups is 1. The first kappa shape index (κ1) is 12.0. The van der Waals surface area contributed by atoms with Gasteiger partial charge in [0.05, 0.1) is 6.10 Å². The van der Waals surface area contributed by atoms with Crippen LogP contribution in [0.4, 0.5) is 0 Å². The predicted molar refractivity (Wildman–Crippen MR) is 70.1 cm³/mol. The Bertz CT molecular complexity index is 384. The monoisotopic (exact) mass is 236 g/mol. The van der Waals surface area contributed by atoms with Crippen molar-refractivity contribution in [1.29, 1.82) is 0 Å². The van der Waals surface area contributed by atoms with Crippen molar-refractivity contribution in [1.82, 2.24) is 0 Å². The molecule has 0 bridgehead atoms. The number of aliphatic hydroxyl groups is 1. The van der Waals surface area contributed by atoms with Crippen LogP contribution in [0.1, 0.15) is 50.8 Å². The molecule has 1 aromatic carbocycles. The van der Waals surface area contributed by atoms with Crippen molar-refractivity contribution < 1.29 is 5.11 Å². The molecule has 1 atom stereocenters. The van der Waals surface area contributed by atoms with Gasteiger partial charge in [-0.15, -0.1) is 11.8 Å². The molecule has 0 amide bonds. The minimum atomic E-state index is -0.312. The van der Waals surface area contributed by atoms with Gasteiger partial charge in [-0.1, -0.05) is 32.9 Å². The van der Waals surface area contributed by atoms with Gasteiger partial charge >= 0.3 is 0 Å². The highest BCUT2D eigenvalue weighted by Crippen LogP contribution is 2.42. The Labute approximate surface area is 102 Å². The summed E-state index contributed by atoms with van der Waals surface area (Å²) in [5, 5.41) is 9.89. The molecule has 0 fully saturated rings. The van der Waals surface area contributed by atoms with E-state index in [4.69, 9.17) is 0 Å². The highest BCUT2D eigenvalue weighted by Gasteiger charge is 2.28. The largest absolute Gasteiger partial charge is 0.388 e. The summed E-state index contributed by atoms with van der Waals surface area (Å²) in [5.74, 6) is 1.20. The highest BCUT2D eigenvalue weighted by molar-refractivity contribution is 7.99. The van der Waals surface area contributed by atoms with Gasteiger partial charge in [-0.05, 0) is 41.2 Å². The molecule has 0 saturated heterocycles. The van der Waals surface area contributed by atoms with Gasteiger partial charge in [-0.2, -0.15) is 0 Å². The second-order valence-electron chi connectivity index (χ2n) is 5.16. The van der Waals surface area contributed by atoms with Crippen molar-refractivity contribution in [2.24, 2.45) is 0 Å². The van der Waals surface area contributed by atoms with E-state index in [1.54, 1.807) is 0 Å². The third-order valence-corrected chi connectivity index (χ3v) is 4.56. The van der Waals surface area contributed by atoms with Gasteiger partial charge in [0.15, 0.2) is 0 Å². The summed E-state index contributed by atoms with van der Waals surface area (Å²) in [7, 11) is 0. The molecule has 0 radical (unpaired) electrons. The van der Waals surface area contributed by atoms with Crippen LogP contribution in [0.2, 0.25) is 0 Å². The molecular weight excluding hydrogens is 216 g/mol. The van der Waals surface area contributed by atoms with Crippen LogP contribution in [0, 0.1) is 0 Å². The lowest BCUT2D eigenvalue weighted by Crippen LogP contribution is -2.23. The van der Waals surface area contributed by atoms with Crippen LogP contribution in [0.3, 0.4) is 0 Å². The van der Waals surface area contributed by atoms with Gasteiger partial charge in [-0.3, -0.25) is 0 Å². The summed E-state index contributed by atoms with van der Waals surface area (Å²) in [6, 6.07) is 6.45. The van der Waals surface area contributed by atoms with Crippen LogP contribution >= 0.6 is 11.8 Å². The van der Waals surface area contributed by atoms with Gasteiger partial charge in [0.25, 0.3) is 0 Å². The quantitative estimate of drug-likeness (QED) is 0.840. The van der Waals surface area contributed by atoms with Crippen molar-refractivity contribution >= 4 is 11.8 Å². The molecule has 1 aromatic rings. The van der Waals surface area contributed by atoms with Crippen molar-refractivity contribution in [3.05, 3.63) is 29.3 Å². The first-order valence-corrected chi connectivity index (χ1v) is 6.98. The molecule has 2 heteroatoms. The van der Waals surface area contributed by atoms with E-state index in [0.29, 0.717) is 0 Å². The molecule has 0 saturated carbocycles. The summed E-state index contributed by atoms with van der Waals surface area (Å²) in [6.07, 6.45) is 1.69. The lowest BCUT2D eigenvalue weighted by Gasteiger charge is -2.32. The van der Waals surface area contributed by atoms with E-state index >= 15 is 0 Å². The smallest absolute Gasteiger partial charge is 0.0787 e. The van der Waals surface area contributed by atoms with E-state index in [1.807, 2.05) is 18.7 Å². The van der Waals surface area contributed by atoms with Gasteiger partial charge in [-0.25, -0.2) is 0 Å². The number of hydrogen-bond acceptors (Lipinski definition) is 2. The Morgan fingerprint density at radius 3 is 2.88 bits per heavy atom. The summed E-state index contributed by atoms with van der Waals surface area (Å²) in [4.78, 5) is 1.39. The minimum Gasteiger partial charge on any atom is -0.388 e. The molecule has 2 rings (SSSR count). The molecule has 0 aromatic heterocycles. The SMILES string of the molecule is CCC(O)c1ccc2c(c1)C(C)(C)CCS2. The molecule has 1 N–H and O–H groups in total. The average molecular weight is 236 g/mol. The van der Waals surface area contributed by atoms with Gasteiger partial charge in [0, 0.05) is 4.90 Å². The zero-order valence-electron chi connectivity index (χ0n) is 10.3. The topological polar surface area (TPSA) is 20.2 Å². The maximum Gasteiger partial charge on any atom is 0.0787 e. The van der Waals surface area contributed by atoms with E-state index in [2.05, 4.69) is 32.0 Å². The number of rotatable bonds is 2. The van der Waals surface area contributed by atoms with Crippen LogP contribution in [0.5, 0.6) is 0 Å². The molecule has 0 spiro atoms. The Morgan fingerprint density at radius 1 is 1.44 bits per heavy atom. The normalized spacial score (nSPS) is 20.2. The van der Waals surface area contributed by atoms with Gasteiger partial charge in [0.1, 0.15) is 0 Å². The van der Waals surface area contributed by atoms with E-state index in [1.165, 1.54) is 22.6 Å². The molecule has 88 valence electrons. The van der Waals surface area contributed by atoms with Crippen molar-refractivity contribution in [2.45, 2.75) is 50.0 Å². The van der Waals surface area contributed by atoms with Gasteiger partial charge < -0.3 is 5.11 Å². The van der Waals surface area contributed by atoms with Crippen LogP contribution in [-0.2, 0) is 5.41 Å². The third-order valence-electron chi connectivity index (χ3n) is 3.49. The van der Waals surface area contributed by atoms with E-state index in [0.717, 1.165) is 12.0 Å². The minimum absolute atomic E-state index is 0.254. The average Bonchev–Trinajstić information content (AvgIpc) is 2.27. The standard InChI is InChI=1S/C14H20OS/c1-4-12(15)10-5-6-13-11(9-10)14(2,3)7-8-16-13/h5-6,9,12,15H,4,7-8H2,1-3H3. The summed E-state index contributed by atoms with van der Waals surface area (Å²) < 4.78 is 0. The first-order chi connectivity index (χ1) is 7.54. The van der Waals surface area contributed by atoms with Crippen LogP contribution in [0.15, 0.2) is 23.1 Å². The highest BCUT2D eigenvalue weighted by atomic mass is 32.2. The van der Waals surface area contributed by atoms with Crippen molar-refractivity contribution in [2.75, 3.05) is 5.75 Å². The summed E-state index contributed by atoms with van der Waals surface area (Å²) in [6.45, 7) is 6.62. The second-order valence-corrected chi connectivity index (χ2v) is 6.30. The maximum atomic E-state index is 9.89. The Hall–Kier alpha value is -0.470. The third kappa shape index (κ3) is 2.14. The van der Waals surface area contributed by atoms with E-state index in [9.17, 15) is 5.11 Å². The molecule has 0 aliphatic carbocycles. The number of benzene rings is 1.